The molecule has 0 saturated carbocycles. The van der Waals surface area contributed by atoms with E-state index in [0.717, 1.165) is 16.0 Å². The van der Waals surface area contributed by atoms with E-state index in [9.17, 15) is 20.2 Å². The van der Waals surface area contributed by atoms with E-state index in [1.165, 1.54) is 18.2 Å². The Bertz CT molecular complexity index is 891. The van der Waals surface area contributed by atoms with E-state index in [2.05, 4.69) is 5.32 Å². The first-order valence-corrected chi connectivity index (χ1v) is 7.05. The van der Waals surface area contributed by atoms with Gasteiger partial charge >= 0.3 is 5.00 Å². The van der Waals surface area contributed by atoms with Crippen molar-refractivity contribution in [2.24, 2.45) is 0 Å². The predicted molar refractivity (Wildman–Crippen MR) is 84.9 cm³/mol. The molecule has 0 saturated heterocycles. The first kappa shape index (κ1) is 14.0. The Labute approximate surface area is 128 Å². The summed E-state index contributed by atoms with van der Waals surface area (Å²) in [6, 6.07) is 13.0. The molecule has 0 aliphatic heterocycles. The van der Waals surface area contributed by atoms with Crippen molar-refractivity contribution in [2.75, 3.05) is 5.32 Å². The molecule has 0 spiro atoms. The summed E-state index contributed by atoms with van der Waals surface area (Å²) in [6.07, 6.45) is 0. The van der Waals surface area contributed by atoms with Crippen LogP contribution in [0.1, 0.15) is 0 Å². The van der Waals surface area contributed by atoms with Crippen molar-refractivity contribution in [3.05, 3.63) is 68.8 Å². The highest BCUT2D eigenvalue weighted by molar-refractivity contribution is 7.23. The van der Waals surface area contributed by atoms with E-state index in [4.69, 9.17) is 0 Å². The zero-order valence-electron chi connectivity index (χ0n) is 11.1. The number of non-ortho nitro benzene ring substituents is 1. The Balaban J connectivity index is 2.10. The fourth-order valence-corrected chi connectivity index (χ4v) is 3.10. The lowest BCUT2D eigenvalue weighted by Gasteiger charge is -2.04. The van der Waals surface area contributed by atoms with Gasteiger partial charge in [0.1, 0.15) is 5.69 Å². The standard InChI is InChI=1S/C14H9N3O4S/c18-16(19)10-5-3-4-9(8-10)15-13-11-6-1-2-7-12(11)22-14(13)17(20)21/h1-8,15H. The monoisotopic (exact) mass is 315 g/mol. The van der Waals surface area contributed by atoms with Crippen LogP contribution >= 0.6 is 11.3 Å². The van der Waals surface area contributed by atoms with Crippen molar-refractivity contribution >= 4 is 43.5 Å². The Morgan fingerprint density at radius 2 is 1.73 bits per heavy atom. The number of nitrogens with zero attached hydrogens (tertiary/aromatic N) is 2. The highest BCUT2D eigenvalue weighted by Gasteiger charge is 2.21. The minimum absolute atomic E-state index is 0.0206. The summed E-state index contributed by atoms with van der Waals surface area (Å²) in [7, 11) is 0. The van der Waals surface area contributed by atoms with Gasteiger partial charge in [0.2, 0.25) is 0 Å². The summed E-state index contributed by atoms with van der Waals surface area (Å²) in [5.74, 6) is 0. The van der Waals surface area contributed by atoms with Crippen LogP contribution in [0.3, 0.4) is 0 Å². The Morgan fingerprint density at radius 3 is 2.45 bits per heavy atom. The summed E-state index contributed by atoms with van der Waals surface area (Å²) < 4.78 is 0.780. The fraction of sp³-hybridized carbons (Fsp3) is 0. The normalized spacial score (nSPS) is 10.5. The number of nitro groups is 2. The number of thiophene rings is 1. The topological polar surface area (TPSA) is 98.3 Å². The van der Waals surface area contributed by atoms with Gasteiger partial charge in [-0.05, 0) is 12.1 Å². The molecule has 22 heavy (non-hydrogen) atoms. The lowest BCUT2D eigenvalue weighted by molar-refractivity contribution is -0.384. The third-order valence-electron chi connectivity index (χ3n) is 3.07. The second-order valence-electron chi connectivity index (χ2n) is 4.47. The number of fused-ring (bicyclic) bond motifs is 1. The van der Waals surface area contributed by atoms with Crippen molar-refractivity contribution in [1.29, 1.82) is 0 Å². The van der Waals surface area contributed by atoms with E-state index in [-0.39, 0.29) is 10.7 Å². The van der Waals surface area contributed by atoms with Crippen LogP contribution in [0.15, 0.2) is 48.5 Å². The van der Waals surface area contributed by atoms with Crippen LogP contribution in [-0.2, 0) is 0 Å². The summed E-state index contributed by atoms with van der Waals surface area (Å²) in [6.45, 7) is 0. The van der Waals surface area contributed by atoms with Gasteiger partial charge in [-0.3, -0.25) is 20.2 Å². The number of hydrogen-bond donors (Lipinski definition) is 1. The molecule has 7 nitrogen and oxygen atoms in total. The smallest absolute Gasteiger partial charge is 0.348 e. The Kier molecular flexibility index (Phi) is 3.43. The summed E-state index contributed by atoms with van der Waals surface area (Å²) >= 11 is 1.07. The highest BCUT2D eigenvalue weighted by atomic mass is 32.1. The van der Waals surface area contributed by atoms with E-state index in [1.54, 1.807) is 30.3 Å². The van der Waals surface area contributed by atoms with E-state index >= 15 is 0 Å². The molecule has 0 aliphatic rings. The minimum Gasteiger partial charge on any atom is -0.348 e. The van der Waals surface area contributed by atoms with E-state index < -0.39 is 9.85 Å². The molecule has 110 valence electrons. The Morgan fingerprint density at radius 1 is 0.955 bits per heavy atom. The lowest BCUT2D eigenvalue weighted by atomic mass is 10.2. The second kappa shape index (κ2) is 5.41. The van der Waals surface area contributed by atoms with Gasteiger partial charge in [-0.1, -0.05) is 35.6 Å². The number of hydrogen-bond acceptors (Lipinski definition) is 6. The third kappa shape index (κ3) is 2.47. The van der Waals surface area contributed by atoms with Crippen LogP contribution in [0.5, 0.6) is 0 Å². The maximum absolute atomic E-state index is 11.2. The zero-order valence-corrected chi connectivity index (χ0v) is 11.9. The molecule has 3 rings (SSSR count). The van der Waals surface area contributed by atoms with Crippen LogP contribution < -0.4 is 5.32 Å². The van der Waals surface area contributed by atoms with E-state index in [0.29, 0.717) is 16.8 Å². The van der Waals surface area contributed by atoms with Crippen LogP contribution in [0.25, 0.3) is 10.1 Å². The molecule has 2 aromatic carbocycles. The number of rotatable bonds is 4. The van der Waals surface area contributed by atoms with Crippen molar-refractivity contribution in [1.82, 2.24) is 0 Å². The molecule has 8 heteroatoms. The van der Waals surface area contributed by atoms with Gasteiger partial charge in [0, 0.05) is 27.9 Å². The van der Waals surface area contributed by atoms with Crippen molar-refractivity contribution in [2.45, 2.75) is 0 Å². The van der Waals surface area contributed by atoms with Gasteiger partial charge in [-0.25, -0.2) is 0 Å². The largest absolute Gasteiger partial charge is 0.348 e. The third-order valence-corrected chi connectivity index (χ3v) is 4.19. The Hall–Kier alpha value is -3.00. The van der Waals surface area contributed by atoms with Gasteiger partial charge in [-0.2, -0.15) is 0 Å². The fourth-order valence-electron chi connectivity index (χ4n) is 2.12. The van der Waals surface area contributed by atoms with Crippen molar-refractivity contribution < 1.29 is 9.85 Å². The van der Waals surface area contributed by atoms with Gasteiger partial charge in [0.25, 0.3) is 5.69 Å². The molecule has 0 aliphatic carbocycles. The molecule has 0 bridgehead atoms. The molecule has 0 amide bonds. The molecule has 0 fully saturated rings. The lowest BCUT2D eigenvalue weighted by Crippen LogP contribution is -1.95. The molecule has 0 radical (unpaired) electrons. The summed E-state index contributed by atoms with van der Waals surface area (Å²) in [5.41, 5.74) is 0.708. The van der Waals surface area contributed by atoms with Crippen LogP contribution in [0.2, 0.25) is 0 Å². The summed E-state index contributed by atoms with van der Waals surface area (Å²) in [4.78, 5) is 21.1. The zero-order chi connectivity index (χ0) is 15.7. The molecule has 1 heterocycles. The van der Waals surface area contributed by atoms with Crippen molar-refractivity contribution in [3.8, 4) is 0 Å². The number of anilines is 2. The quantitative estimate of drug-likeness (QED) is 0.566. The predicted octanol–water partition coefficient (Wildman–Crippen LogP) is 4.46. The molecule has 0 atom stereocenters. The molecular weight excluding hydrogens is 306 g/mol. The van der Waals surface area contributed by atoms with Gasteiger partial charge in [0.15, 0.2) is 0 Å². The van der Waals surface area contributed by atoms with Gasteiger partial charge in [0.05, 0.1) is 9.85 Å². The van der Waals surface area contributed by atoms with Gasteiger partial charge in [-0.15, -0.1) is 0 Å². The van der Waals surface area contributed by atoms with Crippen LogP contribution in [0, 0.1) is 20.2 Å². The van der Waals surface area contributed by atoms with E-state index in [1.807, 2.05) is 0 Å². The van der Waals surface area contributed by atoms with Crippen molar-refractivity contribution in [3.63, 3.8) is 0 Å². The molecule has 1 aromatic heterocycles. The maximum atomic E-state index is 11.2. The van der Waals surface area contributed by atoms with Crippen LogP contribution in [0.4, 0.5) is 22.1 Å². The van der Waals surface area contributed by atoms with Crippen LogP contribution in [-0.4, -0.2) is 9.85 Å². The molecule has 3 aromatic rings. The first-order chi connectivity index (χ1) is 10.6. The average molecular weight is 315 g/mol. The number of nitro benzene ring substituents is 1. The second-order valence-corrected chi connectivity index (χ2v) is 5.50. The summed E-state index contributed by atoms with van der Waals surface area (Å²) in [5, 5.41) is 25.7. The highest BCUT2D eigenvalue weighted by Crippen LogP contribution is 2.43. The maximum Gasteiger partial charge on any atom is 0.348 e. The number of benzene rings is 2. The molecular formula is C14H9N3O4S. The first-order valence-electron chi connectivity index (χ1n) is 6.23. The number of nitrogens with one attached hydrogen (secondary N) is 1. The molecule has 0 unspecified atom stereocenters. The van der Waals surface area contributed by atoms with Gasteiger partial charge < -0.3 is 5.32 Å². The SMILES string of the molecule is O=[N+]([O-])c1cccc(Nc2c([N+](=O)[O-])sc3ccccc23)c1. The molecule has 1 N–H and O–H groups in total. The average Bonchev–Trinajstić information content (AvgIpc) is 2.87. The minimum atomic E-state index is -0.509.